The van der Waals surface area contributed by atoms with Crippen molar-refractivity contribution < 1.29 is 23.6 Å². The molecule has 0 saturated carbocycles. The van der Waals surface area contributed by atoms with Crippen molar-refractivity contribution in [2.45, 2.75) is 33.4 Å². The molecule has 0 radical (unpaired) electrons. The molecule has 1 heterocycles. The maximum Gasteiger partial charge on any atom is 0.338 e. The molecule has 1 unspecified atom stereocenters. The minimum Gasteiger partial charge on any atom is -0.489 e. The van der Waals surface area contributed by atoms with Gasteiger partial charge in [0.1, 0.15) is 18.1 Å². The second-order valence-electron chi connectivity index (χ2n) is 6.89. The third-order valence-electron chi connectivity index (χ3n) is 4.67. The highest BCUT2D eigenvalue weighted by Gasteiger charge is 2.14. The average molecular weight is 408 g/mol. The Bertz CT molecular complexity index is 977. The summed E-state index contributed by atoms with van der Waals surface area (Å²) in [5, 5.41) is 6.69. The Balaban J connectivity index is 1.46. The molecule has 0 aliphatic heterocycles. The van der Waals surface area contributed by atoms with Gasteiger partial charge in [-0.2, -0.15) is 0 Å². The van der Waals surface area contributed by atoms with Crippen LogP contribution in [0.4, 0.5) is 0 Å². The highest BCUT2D eigenvalue weighted by molar-refractivity contribution is 5.91. The summed E-state index contributed by atoms with van der Waals surface area (Å²) in [5.74, 6) is 0.377. The molecule has 1 amide bonds. The third-order valence-corrected chi connectivity index (χ3v) is 4.67. The summed E-state index contributed by atoms with van der Waals surface area (Å²) in [6.45, 7) is 5.53. The number of esters is 1. The first-order chi connectivity index (χ1) is 14.4. The van der Waals surface area contributed by atoms with E-state index in [1.807, 2.05) is 51.1 Å². The summed E-state index contributed by atoms with van der Waals surface area (Å²) in [6.07, 6.45) is 0. The molecule has 0 spiro atoms. The van der Waals surface area contributed by atoms with E-state index in [0.717, 1.165) is 16.8 Å². The summed E-state index contributed by atoms with van der Waals surface area (Å²) in [4.78, 5) is 24.2. The van der Waals surface area contributed by atoms with Crippen LogP contribution in [0.5, 0.6) is 5.75 Å². The van der Waals surface area contributed by atoms with Crippen LogP contribution in [-0.2, 0) is 16.1 Å². The van der Waals surface area contributed by atoms with E-state index in [0.29, 0.717) is 23.7 Å². The Kier molecular flexibility index (Phi) is 6.85. The minimum atomic E-state index is -0.574. The summed E-state index contributed by atoms with van der Waals surface area (Å²) in [6, 6.07) is 15.9. The topological polar surface area (TPSA) is 90.7 Å². The van der Waals surface area contributed by atoms with Crippen molar-refractivity contribution in [3.63, 3.8) is 0 Å². The molecule has 3 aromatic rings. The van der Waals surface area contributed by atoms with Gasteiger partial charge in [0, 0.05) is 0 Å². The standard InChI is InChI=1S/C23H24N2O5/c1-15(18-7-5-4-6-8-18)24-22(26)14-29-23(27)19-9-11-20(12-10-19)28-13-21-16(2)25-30-17(21)3/h4-12,15H,13-14H2,1-3H3,(H,24,26). The Morgan fingerprint density at radius 2 is 1.77 bits per heavy atom. The first kappa shape index (κ1) is 21.1. The molecule has 7 heteroatoms. The van der Waals surface area contributed by atoms with E-state index in [-0.39, 0.29) is 18.6 Å². The van der Waals surface area contributed by atoms with E-state index in [9.17, 15) is 9.59 Å². The lowest BCUT2D eigenvalue weighted by Gasteiger charge is -2.14. The van der Waals surface area contributed by atoms with Crippen LogP contribution in [0.1, 0.15) is 45.9 Å². The van der Waals surface area contributed by atoms with E-state index in [1.165, 1.54) is 0 Å². The number of amides is 1. The van der Waals surface area contributed by atoms with Gasteiger partial charge in [0.2, 0.25) is 0 Å². The second-order valence-corrected chi connectivity index (χ2v) is 6.89. The quantitative estimate of drug-likeness (QED) is 0.569. The summed E-state index contributed by atoms with van der Waals surface area (Å²) in [5.41, 5.74) is 3.00. The van der Waals surface area contributed by atoms with Crippen LogP contribution >= 0.6 is 0 Å². The van der Waals surface area contributed by atoms with Crippen molar-refractivity contribution in [2.24, 2.45) is 0 Å². The maximum absolute atomic E-state index is 12.2. The molecule has 0 fully saturated rings. The van der Waals surface area contributed by atoms with Gasteiger partial charge < -0.3 is 19.3 Å². The van der Waals surface area contributed by atoms with Crippen molar-refractivity contribution in [2.75, 3.05) is 6.61 Å². The molecule has 7 nitrogen and oxygen atoms in total. The first-order valence-corrected chi connectivity index (χ1v) is 9.60. The Hall–Kier alpha value is -3.61. The zero-order valence-corrected chi connectivity index (χ0v) is 17.2. The van der Waals surface area contributed by atoms with Crippen molar-refractivity contribution in [3.05, 3.63) is 82.7 Å². The fourth-order valence-electron chi connectivity index (χ4n) is 2.87. The molecule has 1 atom stereocenters. The van der Waals surface area contributed by atoms with Gasteiger partial charge in [-0.15, -0.1) is 0 Å². The molecule has 156 valence electrons. The smallest absolute Gasteiger partial charge is 0.338 e. The lowest BCUT2D eigenvalue weighted by atomic mass is 10.1. The molecule has 0 aliphatic carbocycles. The lowest BCUT2D eigenvalue weighted by molar-refractivity contribution is -0.124. The van der Waals surface area contributed by atoms with Crippen LogP contribution in [-0.4, -0.2) is 23.6 Å². The number of carbonyl (C=O) groups is 2. The van der Waals surface area contributed by atoms with Crippen LogP contribution in [0.2, 0.25) is 0 Å². The zero-order valence-electron chi connectivity index (χ0n) is 17.2. The lowest BCUT2D eigenvalue weighted by Crippen LogP contribution is -2.31. The van der Waals surface area contributed by atoms with Gasteiger partial charge in [-0.25, -0.2) is 4.79 Å². The van der Waals surface area contributed by atoms with E-state index in [1.54, 1.807) is 24.3 Å². The van der Waals surface area contributed by atoms with E-state index >= 15 is 0 Å². The van der Waals surface area contributed by atoms with Crippen LogP contribution in [0.25, 0.3) is 0 Å². The second kappa shape index (κ2) is 9.73. The predicted molar refractivity (Wildman–Crippen MR) is 110 cm³/mol. The highest BCUT2D eigenvalue weighted by Crippen LogP contribution is 2.18. The molecule has 30 heavy (non-hydrogen) atoms. The Morgan fingerprint density at radius 3 is 2.40 bits per heavy atom. The number of rotatable bonds is 8. The van der Waals surface area contributed by atoms with Crippen molar-refractivity contribution in [1.29, 1.82) is 0 Å². The Morgan fingerprint density at radius 1 is 1.07 bits per heavy atom. The van der Waals surface area contributed by atoms with Crippen LogP contribution in [0.3, 0.4) is 0 Å². The number of hydrogen-bond donors (Lipinski definition) is 1. The van der Waals surface area contributed by atoms with E-state index < -0.39 is 5.97 Å². The minimum absolute atomic E-state index is 0.175. The number of nitrogens with one attached hydrogen (secondary N) is 1. The normalized spacial score (nSPS) is 11.6. The molecule has 0 bridgehead atoms. The van der Waals surface area contributed by atoms with Crippen molar-refractivity contribution >= 4 is 11.9 Å². The number of carbonyl (C=O) groups excluding carboxylic acids is 2. The van der Waals surface area contributed by atoms with E-state index in [4.69, 9.17) is 14.0 Å². The fourth-order valence-corrected chi connectivity index (χ4v) is 2.87. The number of benzene rings is 2. The zero-order chi connectivity index (χ0) is 21.5. The van der Waals surface area contributed by atoms with Gasteiger partial charge in [-0.1, -0.05) is 35.5 Å². The monoisotopic (exact) mass is 408 g/mol. The van der Waals surface area contributed by atoms with Gasteiger partial charge in [-0.3, -0.25) is 4.79 Å². The molecule has 1 N–H and O–H groups in total. The van der Waals surface area contributed by atoms with Gasteiger partial charge in [0.05, 0.1) is 22.9 Å². The number of nitrogens with zero attached hydrogens (tertiary/aromatic N) is 1. The number of ether oxygens (including phenoxy) is 2. The van der Waals surface area contributed by atoms with Crippen molar-refractivity contribution in [3.8, 4) is 5.75 Å². The molecule has 1 aromatic heterocycles. The molecule has 3 rings (SSSR count). The van der Waals surface area contributed by atoms with Gasteiger partial charge in [-0.05, 0) is 50.6 Å². The molecular weight excluding hydrogens is 384 g/mol. The largest absolute Gasteiger partial charge is 0.489 e. The van der Waals surface area contributed by atoms with Gasteiger partial charge in [0.25, 0.3) is 5.91 Å². The summed E-state index contributed by atoms with van der Waals surface area (Å²) >= 11 is 0. The van der Waals surface area contributed by atoms with Crippen molar-refractivity contribution in [1.82, 2.24) is 10.5 Å². The number of aryl methyl sites for hydroxylation is 2. The van der Waals surface area contributed by atoms with E-state index in [2.05, 4.69) is 10.5 Å². The first-order valence-electron chi connectivity index (χ1n) is 9.60. The maximum atomic E-state index is 12.2. The SMILES string of the molecule is Cc1noc(C)c1COc1ccc(C(=O)OCC(=O)NC(C)c2ccccc2)cc1. The average Bonchev–Trinajstić information content (AvgIpc) is 3.08. The van der Waals surface area contributed by atoms with Crippen LogP contribution in [0.15, 0.2) is 59.1 Å². The molecule has 0 saturated heterocycles. The van der Waals surface area contributed by atoms with Gasteiger partial charge >= 0.3 is 5.97 Å². The molecular formula is C23H24N2O5. The Labute approximate surface area is 175 Å². The predicted octanol–water partition coefficient (Wildman–Crippen LogP) is 3.90. The summed E-state index contributed by atoms with van der Waals surface area (Å²) in [7, 11) is 0. The van der Waals surface area contributed by atoms with Crippen LogP contribution < -0.4 is 10.1 Å². The fraction of sp³-hybridized carbons (Fsp3) is 0.261. The van der Waals surface area contributed by atoms with Crippen LogP contribution in [0, 0.1) is 13.8 Å². The third kappa shape index (κ3) is 5.47. The number of hydrogen-bond acceptors (Lipinski definition) is 6. The summed E-state index contributed by atoms with van der Waals surface area (Å²) < 4.78 is 15.9. The van der Waals surface area contributed by atoms with Gasteiger partial charge in [0.15, 0.2) is 6.61 Å². The molecule has 0 aliphatic rings. The number of aromatic nitrogens is 1. The molecule has 2 aromatic carbocycles. The highest BCUT2D eigenvalue weighted by atomic mass is 16.5.